The number of hydrogen-bond donors (Lipinski definition) is 1. The minimum atomic E-state index is -0.514. The number of carbonyl (C=O) groups is 2. The van der Waals surface area contributed by atoms with Gasteiger partial charge in [-0.1, -0.05) is 36.4 Å². The van der Waals surface area contributed by atoms with Gasteiger partial charge in [0.25, 0.3) is 0 Å². The van der Waals surface area contributed by atoms with Gasteiger partial charge in [-0.3, -0.25) is 4.90 Å². The highest BCUT2D eigenvalue weighted by atomic mass is 19.1. The third-order valence-electron chi connectivity index (χ3n) is 6.27. The Balaban J connectivity index is 1.29. The number of carbonyl (C=O) groups excluding carboxylic acids is 2. The Morgan fingerprint density at radius 3 is 2.00 bits per heavy atom. The van der Waals surface area contributed by atoms with Crippen LogP contribution >= 0.6 is 0 Å². The zero-order chi connectivity index (χ0) is 26.2. The van der Waals surface area contributed by atoms with Crippen molar-refractivity contribution in [1.29, 1.82) is 0 Å². The largest absolute Gasteiger partial charge is 0.465 e. The van der Waals surface area contributed by atoms with Gasteiger partial charge in [-0.05, 0) is 47.5 Å². The molecule has 37 heavy (non-hydrogen) atoms. The molecule has 1 aliphatic rings. The molecular formula is C28H29F2N3O4. The lowest BCUT2D eigenvalue weighted by atomic mass is 10.0. The van der Waals surface area contributed by atoms with Crippen molar-refractivity contribution in [3.8, 4) is 0 Å². The van der Waals surface area contributed by atoms with E-state index in [0.29, 0.717) is 50.6 Å². The number of rotatable bonds is 8. The molecule has 3 aromatic carbocycles. The van der Waals surface area contributed by atoms with E-state index in [2.05, 4.69) is 10.2 Å². The van der Waals surface area contributed by atoms with Crippen LogP contribution in [0, 0.1) is 11.6 Å². The molecule has 7 nitrogen and oxygen atoms in total. The average molecular weight is 510 g/mol. The lowest BCUT2D eigenvalue weighted by Gasteiger charge is -2.35. The summed E-state index contributed by atoms with van der Waals surface area (Å²) in [7, 11) is 1.30. The van der Waals surface area contributed by atoms with Crippen LogP contribution in [-0.2, 0) is 9.47 Å². The molecule has 4 rings (SSSR count). The molecular weight excluding hydrogens is 480 g/mol. The number of benzene rings is 3. The van der Waals surface area contributed by atoms with Crippen molar-refractivity contribution in [1.82, 2.24) is 9.80 Å². The first-order valence-electron chi connectivity index (χ1n) is 12.0. The number of amides is 2. The molecule has 1 fully saturated rings. The summed E-state index contributed by atoms with van der Waals surface area (Å²) in [6.45, 7) is 3.40. The van der Waals surface area contributed by atoms with Crippen LogP contribution in [-0.4, -0.2) is 68.2 Å². The number of nitrogens with zero attached hydrogens (tertiary/aromatic N) is 2. The second kappa shape index (κ2) is 12.4. The molecule has 3 aromatic rings. The smallest absolute Gasteiger partial charge is 0.339 e. The van der Waals surface area contributed by atoms with Crippen LogP contribution < -0.4 is 5.32 Å². The van der Waals surface area contributed by atoms with E-state index in [-0.39, 0.29) is 17.7 Å². The fourth-order valence-electron chi connectivity index (χ4n) is 4.21. The van der Waals surface area contributed by atoms with Crippen molar-refractivity contribution < 1.29 is 27.8 Å². The van der Waals surface area contributed by atoms with E-state index in [1.54, 1.807) is 53.4 Å². The molecule has 0 radical (unpaired) electrons. The number of urea groups is 1. The molecule has 0 unspecified atom stereocenters. The van der Waals surface area contributed by atoms with E-state index < -0.39 is 12.1 Å². The Morgan fingerprint density at radius 1 is 0.865 bits per heavy atom. The Morgan fingerprint density at radius 2 is 1.43 bits per heavy atom. The number of hydrogen-bond acceptors (Lipinski definition) is 5. The van der Waals surface area contributed by atoms with Gasteiger partial charge in [0.15, 0.2) is 0 Å². The summed E-state index contributed by atoms with van der Waals surface area (Å²) in [6, 6.07) is 18.6. The van der Waals surface area contributed by atoms with E-state index in [1.165, 1.54) is 31.4 Å². The molecule has 0 atom stereocenters. The Labute approximate surface area is 214 Å². The van der Waals surface area contributed by atoms with Gasteiger partial charge < -0.3 is 19.7 Å². The van der Waals surface area contributed by atoms with E-state index in [4.69, 9.17) is 9.47 Å². The lowest BCUT2D eigenvalue weighted by Crippen LogP contribution is -2.50. The van der Waals surface area contributed by atoms with Crippen molar-refractivity contribution >= 4 is 17.7 Å². The first-order valence-corrected chi connectivity index (χ1v) is 12.0. The molecule has 2 amide bonds. The predicted octanol–water partition coefficient (Wildman–Crippen LogP) is 4.71. The van der Waals surface area contributed by atoms with Crippen molar-refractivity contribution in [2.75, 3.05) is 51.8 Å². The molecule has 0 bridgehead atoms. The maximum Gasteiger partial charge on any atom is 0.339 e. The Kier molecular flexibility index (Phi) is 8.81. The SMILES string of the molecule is COC(=O)c1ccccc1NC(=O)N1CCN(CCOC(c2ccc(F)cc2)c2ccc(F)cc2)CC1. The molecule has 0 aliphatic carbocycles. The van der Waals surface area contributed by atoms with Crippen LogP contribution in [0.4, 0.5) is 19.3 Å². The maximum absolute atomic E-state index is 13.4. The molecule has 1 N–H and O–H groups in total. The second-order valence-corrected chi connectivity index (χ2v) is 8.65. The molecule has 1 saturated heterocycles. The van der Waals surface area contributed by atoms with Gasteiger partial charge in [-0.15, -0.1) is 0 Å². The maximum atomic E-state index is 13.4. The van der Waals surface area contributed by atoms with Gasteiger partial charge in [0.05, 0.1) is 25.0 Å². The average Bonchev–Trinajstić information content (AvgIpc) is 2.92. The summed E-state index contributed by atoms with van der Waals surface area (Å²) < 4.78 is 37.8. The number of anilines is 1. The third kappa shape index (κ3) is 6.90. The monoisotopic (exact) mass is 509 g/mol. The molecule has 9 heteroatoms. The quantitative estimate of drug-likeness (QED) is 0.446. The zero-order valence-electron chi connectivity index (χ0n) is 20.5. The number of esters is 1. The van der Waals surface area contributed by atoms with Crippen LogP contribution in [0.15, 0.2) is 72.8 Å². The van der Waals surface area contributed by atoms with Gasteiger partial charge >= 0.3 is 12.0 Å². The van der Waals surface area contributed by atoms with Crippen LogP contribution in [0.3, 0.4) is 0 Å². The first-order chi connectivity index (χ1) is 17.9. The fourth-order valence-corrected chi connectivity index (χ4v) is 4.21. The molecule has 0 saturated carbocycles. The summed E-state index contributed by atoms with van der Waals surface area (Å²) >= 11 is 0. The number of nitrogens with one attached hydrogen (secondary N) is 1. The van der Waals surface area contributed by atoms with Crippen LogP contribution in [0.1, 0.15) is 27.6 Å². The topological polar surface area (TPSA) is 71.1 Å². The number of para-hydroxylation sites is 1. The zero-order valence-corrected chi connectivity index (χ0v) is 20.5. The molecule has 194 valence electrons. The summed E-state index contributed by atoms with van der Waals surface area (Å²) in [5.41, 5.74) is 2.26. The van der Waals surface area contributed by atoms with E-state index in [9.17, 15) is 18.4 Å². The van der Waals surface area contributed by atoms with Crippen molar-refractivity contribution in [2.45, 2.75) is 6.10 Å². The van der Waals surface area contributed by atoms with E-state index in [1.807, 2.05) is 0 Å². The number of ether oxygens (including phenoxy) is 2. The lowest BCUT2D eigenvalue weighted by molar-refractivity contribution is 0.0498. The third-order valence-corrected chi connectivity index (χ3v) is 6.27. The minimum absolute atomic E-state index is 0.278. The highest BCUT2D eigenvalue weighted by Gasteiger charge is 2.23. The summed E-state index contributed by atoms with van der Waals surface area (Å²) in [4.78, 5) is 28.6. The van der Waals surface area contributed by atoms with Gasteiger partial charge in [0, 0.05) is 32.7 Å². The number of methoxy groups -OCH3 is 1. The molecule has 0 aromatic heterocycles. The normalized spacial score (nSPS) is 14.0. The van der Waals surface area contributed by atoms with Crippen LogP contribution in [0.5, 0.6) is 0 Å². The Hall–Kier alpha value is -3.82. The van der Waals surface area contributed by atoms with Crippen molar-refractivity contribution in [3.63, 3.8) is 0 Å². The van der Waals surface area contributed by atoms with Gasteiger partial charge in [0.2, 0.25) is 0 Å². The van der Waals surface area contributed by atoms with Gasteiger partial charge in [-0.25, -0.2) is 18.4 Å². The van der Waals surface area contributed by atoms with Gasteiger partial charge in [-0.2, -0.15) is 0 Å². The van der Waals surface area contributed by atoms with Crippen LogP contribution in [0.25, 0.3) is 0 Å². The molecule has 1 heterocycles. The van der Waals surface area contributed by atoms with Crippen molar-refractivity contribution in [2.24, 2.45) is 0 Å². The highest BCUT2D eigenvalue weighted by molar-refractivity contribution is 6.00. The molecule has 1 aliphatic heterocycles. The first kappa shape index (κ1) is 26.2. The predicted molar refractivity (Wildman–Crippen MR) is 135 cm³/mol. The summed E-state index contributed by atoms with van der Waals surface area (Å²) in [6.07, 6.45) is -0.455. The number of halogens is 2. The van der Waals surface area contributed by atoms with Crippen molar-refractivity contribution in [3.05, 3.63) is 101 Å². The standard InChI is InChI=1S/C28H29F2N3O4/c1-36-27(34)24-4-2-3-5-25(24)31-28(35)33-16-14-32(15-17-33)18-19-37-26(20-6-10-22(29)11-7-20)21-8-12-23(30)13-9-21/h2-13,26H,14-19H2,1H3,(H,31,35). The summed E-state index contributed by atoms with van der Waals surface area (Å²) in [5, 5.41) is 2.80. The molecule has 0 spiro atoms. The highest BCUT2D eigenvalue weighted by Crippen LogP contribution is 2.26. The fraction of sp³-hybridized carbons (Fsp3) is 0.286. The van der Waals surface area contributed by atoms with Gasteiger partial charge in [0.1, 0.15) is 17.7 Å². The van der Waals surface area contributed by atoms with E-state index >= 15 is 0 Å². The summed E-state index contributed by atoms with van der Waals surface area (Å²) in [5.74, 6) is -1.19. The minimum Gasteiger partial charge on any atom is -0.465 e. The van der Waals surface area contributed by atoms with Crippen LogP contribution in [0.2, 0.25) is 0 Å². The number of piperazine rings is 1. The second-order valence-electron chi connectivity index (χ2n) is 8.65. The Bertz CT molecular complexity index is 1150. The van der Waals surface area contributed by atoms with E-state index in [0.717, 1.165) is 11.1 Å².